The summed E-state index contributed by atoms with van der Waals surface area (Å²) >= 11 is 0. The highest BCUT2D eigenvalue weighted by molar-refractivity contribution is 5.92. The molecule has 0 spiro atoms. The fourth-order valence-corrected chi connectivity index (χ4v) is 1.36. The van der Waals surface area contributed by atoms with Crippen LogP contribution in [0.15, 0.2) is 23.2 Å². The molecule has 0 amide bonds. The maximum Gasteiger partial charge on any atom is 0.419 e. The van der Waals surface area contributed by atoms with Crippen molar-refractivity contribution in [2.45, 2.75) is 32.5 Å². The number of rotatable bonds is 1. The molecule has 0 saturated carbocycles. The molecule has 0 unspecified atom stereocenters. The van der Waals surface area contributed by atoms with Crippen LogP contribution in [0.3, 0.4) is 0 Å². The quantitative estimate of drug-likeness (QED) is 0.470. The van der Waals surface area contributed by atoms with Crippen LogP contribution in [0, 0.1) is 5.82 Å². The predicted molar refractivity (Wildman–Crippen MR) is 66.4 cm³/mol. The highest BCUT2D eigenvalue weighted by atomic mass is 19.4. The maximum atomic E-state index is 13.1. The van der Waals surface area contributed by atoms with E-state index in [-0.39, 0.29) is 11.6 Å². The maximum absolute atomic E-state index is 13.1. The van der Waals surface area contributed by atoms with Gasteiger partial charge in [0.2, 0.25) is 0 Å². The molecule has 0 fully saturated rings. The van der Waals surface area contributed by atoms with E-state index in [1.54, 1.807) is 20.8 Å². The molecule has 0 radical (unpaired) electrons. The van der Waals surface area contributed by atoms with Crippen molar-refractivity contribution in [2.24, 2.45) is 10.7 Å². The average Bonchev–Trinajstić information content (AvgIpc) is 2.16. The summed E-state index contributed by atoms with van der Waals surface area (Å²) in [7, 11) is 0. The van der Waals surface area contributed by atoms with Gasteiger partial charge >= 0.3 is 6.18 Å². The predicted octanol–water partition coefficient (Wildman–Crippen LogP) is 3.37. The number of halogens is 4. The third-order valence-electron chi connectivity index (χ3n) is 2.00. The van der Waals surface area contributed by atoms with Crippen LogP contribution in [0.25, 0.3) is 0 Å². The number of nitrogens with one attached hydrogen (secondary N) is 1. The number of aliphatic imine (C=N–C) groups is 1. The van der Waals surface area contributed by atoms with Gasteiger partial charge < -0.3 is 11.1 Å². The second kappa shape index (κ2) is 5.07. The molecule has 0 atom stereocenters. The summed E-state index contributed by atoms with van der Waals surface area (Å²) < 4.78 is 50.6. The Morgan fingerprint density at radius 3 is 2.26 bits per heavy atom. The van der Waals surface area contributed by atoms with Gasteiger partial charge in [-0.15, -0.1) is 0 Å². The Bertz CT molecular complexity index is 487. The first-order chi connectivity index (χ1) is 8.49. The average molecular weight is 277 g/mol. The Morgan fingerprint density at radius 2 is 1.79 bits per heavy atom. The summed E-state index contributed by atoms with van der Waals surface area (Å²) in [6, 6.07) is 2.55. The van der Waals surface area contributed by atoms with Gasteiger partial charge in [-0.3, -0.25) is 0 Å². The van der Waals surface area contributed by atoms with Gasteiger partial charge in [0, 0.05) is 5.69 Å². The highest BCUT2D eigenvalue weighted by Gasteiger charge is 2.34. The molecular weight excluding hydrogens is 262 g/mol. The van der Waals surface area contributed by atoms with E-state index in [1.165, 1.54) is 0 Å². The fraction of sp³-hybridized carbons (Fsp3) is 0.417. The zero-order valence-electron chi connectivity index (χ0n) is 10.8. The van der Waals surface area contributed by atoms with Gasteiger partial charge in [-0.25, -0.2) is 9.38 Å². The van der Waals surface area contributed by atoms with Crippen LogP contribution in [-0.2, 0) is 6.18 Å². The van der Waals surface area contributed by atoms with E-state index in [4.69, 9.17) is 5.73 Å². The van der Waals surface area contributed by atoms with Crippen molar-refractivity contribution in [3.05, 3.63) is 29.6 Å². The summed E-state index contributed by atoms with van der Waals surface area (Å²) in [5, 5.41) is 2.50. The Labute approximate surface area is 108 Å². The van der Waals surface area contributed by atoms with Crippen molar-refractivity contribution in [3.8, 4) is 0 Å². The Morgan fingerprint density at radius 1 is 1.21 bits per heavy atom. The minimum Gasteiger partial charge on any atom is -0.370 e. The molecule has 0 aromatic heterocycles. The number of alkyl halides is 3. The van der Waals surface area contributed by atoms with Gasteiger partial charge in [-0.05, 0) is 39.0 Å². The fourth-order valence-electron chi connectivity index (χ4n) is 1.36. The molecule has 19 heavy (non-hydrogen) atoms. The Kier molecular flexibility index (Phi) is 4.07. The van der Waals surface area contributed by atoms with Gasteiger partial charge in [0.15, 0.2) is 5.96 Å². The first-order valence-corrected chi connectivity index (χ1v) is 5.48. The molecule has 0 bridgehead atoms. The lowest BCUT2D eigenvalue weighted by Crippen LogP contribution is -2.27. The summed E-state index contributed by atoms with van der Waals surface area (Å²) in [5.41, 5.74) is 3.77. The third-order valence-corrected chi connectivity index (χ3v) is 2.00. The van der Waals surface area contributed by atoms with E-state index in [1.807, 2.05) is 0 Å². The summed E-state index contributed by atoms with van der Waals surface area (Å²) in [6.07, 6.45) is -4.75. The van der Waals surface area contributed by atoms with Crippen molar-refractivity contribution < 1.29 is 17.6 Å². The minimum atomic E-state index is -4.75. The summed E-state index contributed by atoms with van der Waals surface area (Å²) in [4.78, 5) is 4.03. The monoisotopic (exact) mass is 277 g/mol. The van der Waals surface area contributed by atoms with Crippen molar-refractivity contribution in [1.29, 1.82) is 0 Å². The van der Waals surface area contributed by atoms with Crippen LogP contribution in [-0.4, -0.2) is 11.5 Å². The molecule has 3 nitrogen and oxygen atoms in total. The topological polar surface area (TPSA) is 50.4 Å². The SMILES string of the molecule is CC(C)(C)N=C(N)Nc1ccc(F)c(C(F)(F)F)c1. The van der Waals surface area contributed by atoms with Crippen molar-refractivity contribution in [2.75, 3.05) is 5.32 Å². The van der Waals surface area contributed by atoms with Gasteiger partial charge in [0.1, 0.15) is 5.82 Å². The lowest BCUT2D eigenvalue weighted by atomic mass is 10.1. The molecule has 0 aliphatic heterocycles. The van der Waals surface area contributed by atoms with Crippen LogP contribution >= 0.6 is 0 Å². The number of guanidine groups is 1. The molecule has 1 aromatic carbocycles. The lowest BCUT2D eigenvalue weighted by molar-refractivity contribution is -0.139. The summed E-state index contributed by atoms with van der Waals surface area (Å²) in [5.74, 6) is -1.36. The normalized spacial score (nSPS) is 13.5. The number of benzene rings is 1. The van der Waals surface area contributed by atoms with Gasteiger partial charge in [0.05, 0.1) is 11.1 Å². The zero-order chi connectivity index (χ0) is 14.8. The third kappa shape index (κ3) is 4.76. The standard InChI is InChI=1S/C12H15F4N3/c1-11(2,3)19-10(17)18-7-4-5-9(13)8(6-7)12(14,15)16/h4-6H,1-3H3,(H3,17,18,19). The van der Waals surface area contributed by atoms with Crippen molar-refractivity contribution >= 4 is 11.6 Å². The van der Waals surface area contributed by atoms with Gasteiger partial charge in [0.25, 0.3) is 0 Å². The highest BCUT2D eigenvalue weighted by Crippen LogP contribution is 2.32. The van der Waals surface area contributed by atoms with Crippen LogP contribution in [0.5, 0.6) is 0 Å². The number of nitrogens with two attached hydrogens (primary N) is 1. The largest absolute Gasteiger partial charge is 0.419 e. The molecule has 0 aliphatic carbocycles. The Balaban J connectivity index is 3.02. The lowest BCUT2D eigenvalue weighted by Gasteiger charge is -2.15. The summed E-state index contributed by atoms with van der Waals surface area (Å²) in [6.45, 7) is 5.36. The molecule has 0 aliphatic rings. The molecule has 0 heterocycles. The van der Waals surface area contributed by atoms with E-state index in [2.05, 4.69) is 10.3 Å². The van der Waals surface area contributed by atoms with Crippen molar-refractivity contribution in [1.82, 2.24) is 0 Å². The Hall–Kier alpha value is -1.79. The molecule has 0 saturated heterocycles. The van der Waals surface area contributed by atoms with Gasteiger partial charge in [-0.1, -0.05) is 0 Å². The molecule has 106 valence electrons. The van der Waals surface area contributed by atoms with Crippen LogP contribution in [0.2, 0.25) is 0 Å². The number of nitrogens with zero attached hydrogens (tertiary/aromatic N) is 1. The smallest absolute Gasteiger partial charge is 0.370 e. The second-order valence-corrected chi connectivity index (χ2v) is 4.99. The first kappa shape index (κ1) is 15.3. The number of hydrogen-bond donors (Lipinski definition) is 2. The van der Waals surface area contributed by atoms with Gasteiger partial charge in [-0.2, -0.15) is 13.2 Å². The minimum absolute atomic E-state index is 0.0271. The zero-order valence-corrected chi connectivity index (χ0v) is 10.8. The number of hydrogen-bond acceptors (Lipinski definition) is 1. The van der Waals surface area contributed by atoms with Crippen LogP contribution in [0.4, 0.5) is 23.2 Å². The molecular formula is C12H15F4N3. The first-order valence-electron chi connectivity index (χ1n) is 5.48. The molecule has 7 heteroatoms. The number of anilines is 1. The van der Waals surface area contributed by atoms with E-state index in [9.17, 15) is 17.6 Å². The van der Waals surface area contributed by atoms with E-state index in [0.29, 0.717) is 6.07 Å². The molecule has 1 aromatic rings. The van der Waals surface area contributed by atoms with Crippen LogP contribution in [0.1, 0.15) is 26.3 Å². The van der Waals surface area contributed by atoms with E-state index in [0.717, 1.165) is 12.1 Å². The van der Waals surface area contributed by atoms with E-state index < -0.39 is 23.1 Å². The molecule has 3 N–H and O–H groups in total. The van der Waals surface area contributed by atoms with E-state index >= 15 is 0 Å². The second-order valence-electron chi connectivity index (χ2n) is 4.99. The molecule has 1 rings (SSSR count). The van der Waals surface area contributed by atoms with Crippen LogP contribution < -0.4 is 11.1 Å². The van der Waals surface area contributed by atoms with Crippen molar-refractivity contribution in [3.63, 3.8) is 0 Å².